The number of allylic oxidation sites excluding steroid dienone is 6. The topological polar surface area (TPSA) is 134 Å². The number of carbonyl (C=O) groups is 2. The van der Waals surface area contributed by atoms with E-state index in [1.165, 1.54) is 289 Å². The maximum Gasteiger partial charge on any atom is 0.472 e. The van der Waals surface area contributed by atoms with Gasteiger partial charge in [-0.05, 0) is 51.4 Å². The fraction of sp³-hybridized carbons (Fsp3) is 0.887. The van der Waals surface area contributed by atoms with Gasteiger partial charge in [0.1, 0.15) is 6.61 Å². The first-order valence-electron chi connectivity index (χ1n) is 35.5. The maximum absolute atomic E-state index is 12.8. The van der Waals surface area contributed by atoms with Crippen LogP contribution in [-0.4, -0.2) is 49.3 Å². The van der Waals surface area contributed by atoms with Crippen molar-refractivity contribution in [3.05, 3.63) is 36.5 Å². The average Bonchev–Trinajstić information content (AvgIpc) is 3.46. The molecule has 478 valence electrons. The largest absolute Gasteiger partial charge is 0.472 e. The molecule has 0 aliphatic carbocycles. The first-order chi connectivity index (χ1) is 39.8. The zero-order chi connectivity index (χ0) is 58.7. The lowest BCUT2D eigenvalue weighted by molar-refractivity contribution is -0.161. The van der Waals surface area contributed by atoms with Gasteiger partial charge < -0.3 is 20.1 Å². The zero-order valence-electron chi connectivity index (χ0n) is 53.8. The fourth-order valence-electron chi connectivity index (χ4n) is 10.8. The van der Waals surface area contributed by atoms with E-state index in [2.05, 4.69) is 50.3 Å². The number of ether oxygens (including phenoxy) is 2. The minimum absolute atomic E-state index is 0.0554. The lowest BCUT2D eigenvalue weighted by Gasteiger charge is -2.19. The van der Waals surface area contributed by atoms with Crippen LogP contribution >= 0.6 is 7.82 Å². The summed E-state index contributed by atoms with van der Waals surface area (Å²) in [6.07, 6.45) is 83.9. The number of phosphoric ester groups is 1. The summed E-state index contributed by atoms with van der Waals surface area (Å²) in [6, 6.07) is 0. The van der Waals surface area contributed by atoms with Gasteiger partial charge in [0.2, 0.25) is 0 Å². The van der Waals surface area contributed by atoms with Crippen molar-refractivity contribution in [2.24, 2.45) is 5.73 Å². The Bertz CT molecular complexity index is 1420. The van der Waals surface area contributed by atoms with Crippen LogP contribution in [0.5, 0.6) is 0 Å². The van der Waals surface area contributed by atoms with Crippen LogP contribution in [0, 0.1) is 0 Å². The highest BCUT2D eigenvalue weighted by molar-refractivity contribution is 7.47. The third-order valence-corrected chi connectivity index (χ3v) is 17.0. The number of esters is 2. The highest BCUT2D eigenvalue weighted by Crippen LogP contribution is 2.43. The first kappa shape index (κ1) is 79.2. The second-order valence-electron chi connectivity index (χ2n) is 24.1. The van der Waals surface area contributed by atoms with Crippen molar-refractivity contribution >= 4 is 19.8 Å². The molecule has 2 atom stereocenters. The van der Waals surface area contributed by atoms with E-state index >= 15 is 0 Å². The van der Waals surface area contributed by atoms with Crippen LogP contribution in [0.3, 0.4) is 0 Å². The number of phosphoric acid groups is 1. The van der Waals surface area contributed by atoms with Gasteiger partial charge in [0.05, 0.1) is 13.2 Å². The second kappa shape index (κ2) is 67.4. The molecule has 0 aromatic carbocycles. The summed E-state index contributed by atoms with van der Waals surface area (Å²) in [7, 11) is -4.39. The molecule has 0 fully saturated rings. The Kier molecular flexibility index (Phi) is 65.9. The number of unbranched alkanes of at least 4 members (excludes halogenated alkanes) is 49. The Balaban J connectivity index is 3.83. The van der Waals surface area contributed by atoms with E-state index < -0.39 is 26.5 Å². The molecular formula is C71H136NO8P. The summed E-state index contributed by atoms with van der Waals surface area (Å²) in [5.74, 6) is -0.807. The summed E-state index contributed by atoms with van der Waals surface area (Å²) in [4.78, 5) is 35.4. The van der Waals surface area contributed by atoms with Gasteiger partial charge in [-0.2, -0.15) is 0 Å². The van der Waals surface area contributed by atoms with Crippen LogP contribution in [0.1, 0.15) is 373 Å². The molecule has 0 saturated carbocycles. The van der Waals surface area contributed by atoms with Crippen LogP contribution in [0.2, 0.25) is 0 Å². The van der Waals surface area contributed by atoms with E-state index in [0.717, 1.165) is 51.4 Å². The molecule has 0 aromatic rings. The van der Waals surface area contributed by atoms with Crippen LogP contribution in [0.25, 0.3) is 0 Å². The van der Waals surface area contributed by atoms with Crippen molar-refractivity contribution in [2.75, 3.05) is 26.4 Å². The zero-order valence-corrected chi connectivity index (χ0v) is 54.7. The maximum atomic E-state index is 12.8. The molecule has 9 nitrogen and oxygen atoms in total. The number of nitrogens with two attached hydrogens (primary N) is 1. The molecule has 0 rings (SSSR count). The van der Waals surface area contributed by atoms with Gasteiger partial charge in [0.15, 0.2) is 6.10 Å². The second-order valence-corrected chi connectivity index (χ2v) is 25.6. The van der Waals surface area contributed by atoms with Gasteiger partial charge in [-0.15, -0.1) is 0 Å². The highest BCUT2D eigenvalue weighted by Gasteiger charge is 2.26. The third kappa shape index (κ3) is 67.2. The molecule has 0 spiro atoms. The van der Waals surface area contributed by atoms with Crippen LogP contribution < -0.4 is 5.73 Å². The predicted octanol–water partition coefficient (Wildman–Crippen LogP) is 23.1. The number of carbonyl (C=O) groups excluding carboxylic acids is 2. The molecule has 0 aliphatic heterocycles. The minimum atomic E-state index is -4.39. The summed E-state index contributed by atoms with van der Waals surface area (Å²) >= 11 is 0. The van der Waals surface area contributed by atoms with E-state index in [9.17, 15) is 19.0 Å². The first-order valence-corrected chi connectivity index (χ1v) is 37.0. The molecular weight excluding hydrogens is 1030 g/mol. The molecule has 0 aromatic heterocycles. The highest BCUT2D eigenvalue weighted by atomic mass is 31.2. The number of hydrogen-bond acceptors (Lipinski definition) is 8. The van der Waals surface area contributed by atoms with Crippen LogP contribution in [0.4, 0.5) is 0 Å². The average molecular weight is 1160 g/mol. The van der Waals surface area contributed by atoms with E-state index in [1.54, 1.807) is 0 Å². The Morgan fingerprint density at radius 2 is 0.642 bits per heavy atom. The monoisotopic (exact) mass is 1160 g/mol. The quantitative estimate of drug-likeness (QED) is 0.0264. The summed E-state index contributed by atoms with van der Waals surface area (Å²) in [5.41, 5.74) is 5.40. The Morgan fingerprint density at radius 3 is 0.951 bits per heavy atom. The molecule has 0 amide bonds. The van der Waals surface area contributed by atoms with E-state index in [1.807, 2.05) is 0 Å². The van der Waals surface area contributed by atoms with Crippen molar-refractivity contribution in [1.82, 2.24) is 0 Å². The Labute approximate surface area is 503 Å². The molecule has 0 radical (unpaired) electrons. The van der Waals surface area contributed by atoms with E-state index in [4.69, 9.17) is 24.3 Å². The Morgan fingerprint density at radius 1 is 0.370 bits per heavy atom. The lowest BCUT2D eigenvalue weighted by Crippen LogP contribution is -2.29. The molecule has 2 unspecified atom stereocenters. The fourth-order valence-corrected chi connectivity index (χ4v) is 11.5. The molecule has 0 bridgehead atoms. The molecule has 0 aliphatic rings. The van der Waals surface area contributed by atoms with E-state index in [-0.39, 0.29) is 38.6 Å². The van der Waals surface area contributed by atoms with Gasteiger partial charge in [0, 0.05) is 19.4 Å². The summed E-state index contributed by atoms with van der Waals surface area (Å²) in [5, 5.41) is 0. The molecule has 10 heteroatoms. The normalized spacial score (nSPS) is 13.1. The number of rotatable bonds is 68. The van der Waals surface area contributed by atoms with Gasteiger partial charge >= 0.3 is 19.8 Å². The SMILES string of the molecule is CCCCCCC/C=C\C/C=C\C/C=C\CCCCCCCCCCCCCCCCC(=O)OC(COC(=O)CCCCCCCCCCCCCCCCCCCCCCCCCCCCCCCCC)COP(=O)(O)OCCN. The van der Waals surface area contributed by atoms with Crippen molar-refractivity contribution in [3.8, 4) is 0 Å². The van der Waals surface area contributed by atoms with Crippen LogP contribution in [-0.2, 0) is 32.7 Å². The third-order valence-electron chi connectivity index (χ3n) is 16.0. The molecule has 3 N–H and O–H groups in total. The lowest BCUT2D eigenvalue weighted by atomic mass is 10.0. The summed E-state index contributed by atoms with van der Waals surface area (Å²) < 4.78 is 33.2. The van der Waals surface area contributed by atoms with E-state index in [0.29, 0.717) is 6.42 Å². The van der Waals surface area contributed by atoms with Gasteiger partial charge in [-0.25, -0.2) is 4.57 Å². The van der Waals surface area contributed by atoms with Gasteiger partial charge in [-0.3, -0.25) is 18.6 Å². The van der Waals surface area contributed by atoms with Crippen molar-refractivity contribution in [3.63, 3.8) is 0 Å². The smallest absolute Gasteiger partial charge is 0.462 e. The Hall–Kier alpha value is -1.77. The van der Waals surface area contributed by atoms with Crippen molar-refractivity contribution in [2.45, 2.75) is 380 Å². The van der Waals surface area contributed by atoms with Gasteiger partial charge in [0.25, 0.3) is 0 Å². The minimum Gasteiger partial charge on any atom is -0.462 e. The number of hydrogen-bond donors (Lipinski definition) is 2. The predicted molar refractivity (Wildman–Crippen MR) is 349 cm³/mol. The standard InChI is InChI=1S/C71H136NO8P/c1-3-5-7-9-11-13-15-17-19-21-23-25-27-29-31-33-34-36-37-39-41-43-45-47-49-51-53-55-57-59-61-63-70(73)77-67-69(68-79-81(75,76)78-66-65-72)80-71(74)64-62-60-58-56-54-52-50-48-46-44-42-40-38-35-32-30-28-26-24-22-20-18-16-14-12-10-8-6-4-2/h16,18,22,24,28,30,69H,3-15,17,19-21,23,25-27,29,31-68,72H2,1-2H3,(H,75,76)/b18-16-,24-22-,30-28-. The summed E-state index contributed by atoms with van der Waals surface area (Å²) in [6.45, 7) is 3.81. The van der Waals surface area contributed by atoms with Crippen LogP contribution in [0.15, 0.2) is 36.5 Å². The van der Waals surface area contributed by atoms with Crippen molar-refractivity contribution in [1.29, 1.82) is 0 Å². The van der Waals surface area contributed by atoms with Crippen molar-refractivity contribution < 1.29 is 37.6 Å². The van der Waals surface area contributed by atoms with Gasteiger partial charge in [-0.1, -0.05) is 346 Å². The molecule has 81 heavy (non-hydrogen) atoms. The molecule has 0 heterocycles. The molecule has 0 saturated heterocycles.